The fourth-order valence-corrected chi connectivity index (χ4v) is 2.21. The molecule has 2 aromatic heterocycles. The summed E-state index contributed by atoms with van der Waals surface area (Å²) >= 11 is 0. The molecule has 2 N–H and O–H groups in total. The molecule has 0 spiro atoms. The molecule has 2 heterocycles. The molecule has 0 aliphatic heterocycles. The standard InChI is InChI=1S/C13H18N4/c1-8(2)12(14)13-16-10-5-6-15-7-11(10)17(13)9-3-4-9/h5-9,12H,3-4,14H2,1-2H3/t12-/m0/s1. The van der Waals surface area contributed by atoms with E-state index < -0.39 is 0 Å². The Morgan fingerprint density at radius 2 is 2.18 bits per heavy atom. The van der Waals surface area contributed by atoms with Crippen molar-refractivity contribution in [1.29, 1.82) is 0 Å². The van der Waals surface area contributed by atoms with Crippen LogP contribution in [-0.2, 0) is 0 Å². The van der Waals surface area contributed by atoms with Gasteiger partial charge in [0.1, 0.15) is 5.82 Å². The third-order valence-electron chi connectivity index (χ3n) is 3.45. The van der Waals surface area contributed by atoms with E-state index in [2.05, 4.69) is 23.4 Å². The van der Waals surface area contributed by atoms with Crippen LogP contribution in [-0.4, -0.2) is 14.5 Å². The molecule has 0 saturated heterocycles. The second-order valence-electron chi connectivity index (χ2n) is 5.21. The molecule has 1 fully saturated rings. The maximum Gasteiger partial charge on any atom is 0.127 e. The lowest BCUT2D eigenvalue weighted by molar-refractivity contribution is 0.470. The van der Waals surface area contributed by atoms with E-state index in [-0.39, 0.29) is 6.04 Å². The lowest BCUT2D eigenvalue weighted by Crippen LogP contribution is -2.21. The van der Waals surface area contributed by atoms with Crippen LogP contribution in [0.1, 0.15) is 44.6 Å². The maximum atomic E-state index is 6.26. The summed E-state index contributed by atoms with van der Waals surface area (Å²) in [5.74, 6) is 1.42. The minimum absolute atomic E-state index is 0.00278. The number of rotatable bonds is 3. The van der Waals surface area contributed by atoms with E-state index in [1.807, 2.05) is 12.3 Å². The molecule has 0 aromatic carbocycles. The minimum atomic E-state index is 0.00278. The summed E-state index contributed by atoms with van der Waals surface area (Å²) in [6.45, 7) is 4.28. The zero-order valence-corrected chi connectivity index (χ0v) is 10.3. The highest BCUT2D eigenvalue weighted by Gasteiger charge is 2.30. The van der Waals surface area contributed by atoms with Crippen LogP contribution in [0.2, 0.25) is 0 Å². The van der Waals surface area contributed by atoms with Crippen LogP contribution in [0.5, 0.6) is 0 Å². The van der Waals surface area contributed by atoms with Crippen LogP contribution in [0.25, 0.3) is 11.0 Å². The van der Waals surface area contributed by atoms with Gasteiger partial charge < -0.3 is 10.3 Å². The zero-order chi connectivity index (χ0) is 12.0. The molecule has 1 aliphatic carbocycles. The third kappa shape index (κ3) is 1.72. The quantitative estimate of drug-likeness (QED) is 0.881. The first-order valence-electron chi connectivity index (χ1n) is 6.26. The summed E-state index contributed by atoms with van der Waals surface area (Å²) in [4.78, 5) is 8.89. The molecule has 3 rings (SSSR count). The highest BCUT2D eigenvalue weighted by molar-refractivity contribution is 5.75. The topological polar surface area (TPSA) is 56.7 Å². The minimum Gasteiger partial charge on any atom is -0.322 e. The second-order valence-corrected chi connectivity index (χ2v) is 5.21. The Morgan fingerprint density at radius 3 is 2.82 bits per heavy atom. The van der Waals surface area contributed by atoms with Crippen molar-refractivity contribution in [3.8, 4) is 0 Å². The van der Waals surface area contributed by atoms with Gasteiger partial charge in [-0.15, -0.1) is 0 Å². The van der Waals surface area contributed by atoms with Crippen molar-refractivity contribution in [3.63, 3.8) is 0 Å². The molecule has 0 bridgehead atoms. The Hall–Kier alpha value is -1.42. The van der Waals surface area contributed by atoms with Gasteiger partial charge in [-0.1, -0.05) is 13.8 Å². The fraction of sp³-hybridized carbons (Fsp3) is 0.538. The second kappa shape index (κ2) is 3.81. The number of hydrogen-bond donors (Lipinski definition) is 1. The van der Waals surface area contributed by atoms with Crippen LogP contribution >= 0.6 is 0 Å². The van der Waals surface area contributed by atoms with E-state index in [0.717, 1.165) is 16.9 Å². The van der Waals surface area contributed by atoms with Crippen LogP contribution < -0.4 is 5.73 Å². The Morgan fingerprint density at radius 1 is 1.41 bits per heavy atom. The van der Waals surface area contributed by atoms with Crippen LogP contribution in [0, 0.1) is 5.92 Å². The molecule has 2 aromatic rings. The van der Waals surface area contributed by atoms with Crippen molar-refractivity contribution in [2.45, 2.75) is 38.8 Å². The van der Waals surface area contributed by atoms with Crippen LogP contribution in [0.4, 0.5) is 0 Å². The molecule has 4 heteroatoms. The van der Waals surface area contributed by atoms with Crippen molar-refractivity contribution in [2.24, 2.45) is 11.7 Å². The summed E-state index contributed by atoms with van der Waals surface area (Å²) in [5.41, 5.74) is 8.40. The van der Waals surface area contributed by atoms with E-state index in [9.17, 15) is 0 Å². The van der Waals surface area contributed by atoms with Gasteiger partial charge in [-0.05, 0) is 24.8 Å². The molecule has 1 aliphatic rings. The molecule has 17 heavy (non-hydrogen) atoms. The number of nitrogens with two attached hydrogens (primary N) is 1. The zero-order valence-electron chi connectivity index (χ0n) is 10.3. The van der Waals surface area contributed by atoms with Crippen molar-refractivity contribution < 1.29 is 0 Å². The first-order chi connectivity index (χ1) is 8.18. The molecule has 4 nitrogen and oxygen atoms in total. The van der Waals surface area contributed by atoms with E-state index in [4.69, 9.17) is 10.7 Å². The largest absolute Gasteiger partial charge is 0.322 e. The number of fused-ring (bicyclic) bond motifs is 1. The fourth-order valence-electron chi connectivity index (χ4n) is 2.21. The van der Waals surface area contributed by atoms with E-state index >= 15 is 0 Å². The van der Waals surface area contributed by atoms with E-state index in [0.29, 0.717) is 12.0 Å². The van der Waals surface area contributed by atoms with Gasteiger partial charge >= 0.3 is 0 Å². The number of nitrogens with zero attached hydrogens (tertiary/aromatic N) is 3. The van der Waals surface area contributed by atoms with E-state index in [1.54, 1.807) is 6.20 Å². The predicted molar refractivity (Wildman–Crippen MR) is 67.6 cm³/mol. The Balaban J connectivity index is 2.19. The average Bonchev–Trinajstić information content (AvgIpc) is 3.08. The smallest absolute Gasteiger partial charge is 0.127 e. The molecule has 0 radical (unpaired) electrons. The molecule has 0 unspecified atom stereocenters. The summed E-state index contributed by atoms with van der Waals surface area (Å²) < 4.78 is 2.30. The van der Waals surface area contributed by atoms with Crippen molar-refractivity contribution in [2.75, 3.05) is 0 Å². The van der Waals surface area contributed by atoms with Crippen LogP contribution in [0.15, 0.2) is 18.5 Å². The Labute approximate surface area is 101 Å². The Kier molecular flexibility index (Phi) is 2.40. The summed E-state index contributed by atoms with van der Waals surface area (Å²) in [7, 11) is 0. The van der Waals surface area contributed by atoms with Crippen molar-refractivity contribution in [3.05, 3.63) is 24.3 Å². The number of hydrogen-bond acceptors (Lipinski definition) is 3. The number of pyridine rings is 1. The van der Waals surface area contributed by atoms with Crippen molar-refractivity contribution >= 4 is 11.0 Å². The highest BCUT2D eigenvalue weighted by atomic mass is 15.2. The normalized spacial score (nSPS) is 17.9. The highest BCUT2D eigenvalue weighted by Crippen LogP contribution is 2.40. The average molecular weight is 230 g/mol. The molecule has 90 valence electrons. The lowest BCUT2D eigenvalue weighted by Gasteiger charge is -2.17. The maximum absolute atomic E-state index is 6.26. The SMILES string of the molecule is CC(C)[C@H](N)c1nc2ccncc2n1C1CC1. The monoisotopic (exact) mass is 230 g/mol. The van der Waals surface area contributed by atoms with Gasteiger partial charge in [0, 0.05) is 12.2 Å². The third-order valence-corrected chi connectivity index (χ3v) is 3.45. The lowest BCUT2D eigenvalue weighted by atomic mass is 10.1. The van der Waals surface area contributed by atoms with Gasteiger partial charge in [0.15, 0.2) is 0 Å². The van der Waals surface area contributed by atoms with E-state index in [1.165, 1.54) is 12.8 Å². The first kappa shape index (κ1) is 10.7. The van der Waals surface area contributed by atoms with Gasteiger partial charge in [-0.2, -0.15) is 0 Å². The van der Waals surface area contributed by atoms with Crippen molar-refractivity contribution in [1.82, 2.24) is 14.5 Å². The molecule has 1 saturated carbocycles. The summed E-state index contributed by atoms with van der Waals surface area (Å²) in [5, 5.41) is 0. The summed E-state index contributed by atoms with van der Waals surface area (Å²) in [6.07, 6.45) is 6.16. The van der Waals surface area contributed by atoms with Gasteiger partial charge in [-0.25, -0.2) is 4.98 Å². The van der Waals surface area contributed by atoms with Gasteiger partial charge in [-0.3, -0.25) is 4.98 Å². The van der Waals surface area contributed by atoms with Gasteiger partial charge in [0.2, 0.25) is 0 Å². The first-order valence-corrected chi connectivity index (χ1v) is 6.26. The number of imidazole rings is 1. The Bertz CT molecular complexity index is 539. The van der Waals surface area contributed by atoms with Gasteiger partial charge in [0.25, 0.3) is 0 Å². The van der Waals surface area contributed by atoms with Gasteiger partial charge in [0.05, 0.1) is 23.3 Å². The molecular formula is C13H18N4. The number of aromatic nitrogens is 3. The van der Waals surface area contributed by atoms with Crippen LogP contribution in [0.3, 0.4) is 0 Å². The predicted octanol–water partition coefficient (Wildman–Crippen LogP) is 2.42. The molecule has 0 amide bonds. The molecule has 1 atom stereocenters. The summed E-state index contributed by atoms with van der Waals surface area (Å²) in [6, 6.07) is 2.55. The molecular weight excluding hydrogens is 212 g/mol.